The molecule has 1 atom stereocenters. The summed E-state index contributed by atoms with van der Waals surface area (Å²) in [5.41, 5.74) is 1.06. The van der Waals surface area contributed by atoms with Gasteiger partial charge in [-0.2, -0.15) is 0 Å². The van der Waals surface area contributed by atoms with E-state index in [4.69, 9.17) is 0 Å². The maximum atomic E-state index is 12.5. The Kier molecular flexibility index (Phi) is 2.09. The van der Waals surface area contributed by atoms with Crippen molar-refractivity contribution < 1.29 is 9.59 Å². The van der Waals surface area contributed by atoms with Crippen molar-refractivity contribution in [1.82, 2.24) is 9.80 Å². The van der Waals surface area contributed by atoms with Crippen LogP contribution in [0.25, 0.3) is 0 Å². The summed E-state index contributed by atoms with van der Waals surface area (Å²) in [4.78, 5) is 29.4. The van der Waals surface area contributed by atoms with Crippen LogP contribution >= 0.6 is 11.3 Å². The predicted molar refractivity (Wildman–Crippen MR) is 67.4 cm³/mol. The largest absolute Gasteiger partial charge is 0.328 e. The zero-order chi connectivity index (χ0) is 12.3. The SMILES string of the molecule is O=C1C2c3ccsc3CCN2C(=O)N1C1CCC1. The lowest BCUT2D eigenvalue weighted by atomic mass is 9.91. The molecule has 0 aromatic carbocycles. The highest BCUT2D eigenvalue weighted by Crippen LogP contribution is 2.41. The topological polar surface area (TPSA) is 40.6 Å². The first kappa shape index (κ1) is 10.6. The summed E-state index contributed by atoms with van der Waals surface area (Å²) in [6.07, 6.45) is 3.99. The van der Waals surface area contributed by atoms with Crippen molar-refractivity contribution in [3.05, 3.63) is 21.9 Å². The van der Waals surface area contributed by atoms with Crippen LogP contribution in [0.5, 0.6) is 0 Å². The second-order valence-electron chi connectivity index (χ2n) is 5.22. The Morgan fingerprint density at radius 3 is 2.83 bits per heavy atom. The van der Waals surface area contributed by atoms with Crippen LogP contribution in [-0.4, -0.2) is 34.3 Å². The van der Waals surface area contributed by atoms with E-state index in [2.05, 4.69) is 0 Å². The van der Waals surface area contributed by atoms with E-state index in [1.54, 1.807) is 16.2 Å². The highest BCUT2D eigenvalue weighted by molar-refractivity contribution is 7.10. The van der Waals surface area contributed by atoms with E-state index in [0.717, 1.165) is 31.2 Å². The lowest BCUT2D eigenvalue weighted by molar-refractivity contribution is -0.131. The molecule has 1 unspecified atom stereocenters. The molecule has 0 N–H and O–H groups in total. The van der Waals surface area contributed by atoms with E-state index in [1.165, 1.54) is 9.78 Å². The molecular weight excluding hydrogens is 248 g/mol. The number of carbonyl (C=O) groups is 2. The molecule has 3 amide bonds. The second-order valence-corrected chi connectivity index (χ2v) is 6.22. The summed E-state index contributed by atoms with van der Waals surface area (Å²) in [5.74, 6) is 0.00375. The maximum Gasteiger partial charge on any atom is 0.328 e. The lowest BCUT2D eigenvalue weighted by Crippen LogP contribution is -2.45. The molecule has 0 spiro atoms. The monoisotopic (exact) mass is 262 g/mol. The zero-order valence-electron chi connectivity index (χ0n) is 9.96. The average Bonchev–Trinajstić information content (AvgIpc) is 2.85. The molecular formula is C13H14N2O2S. The fourth-order valence-electron chi connectivity index (χ4n) is 3.13. The molecule has 3 aliphatic rings. The highest BCUT2D eigenvalue weighted by atomic mass is 32.1. The first-order valence-electron chi connectivity index (χ1n) is 6.47. The van der Waals surface area contributed by atoms with Crippen LogP contribution in [0, 0.1) is 0 Å². The molecule has 1 saturated heterocycles. The normalized spacial score (nSPS) is 27.2. The third-order valence-electron chi connectivity index (χ3n) is 4.33. The van der Waals surface area contributed by atoms with Gasteiger partial charge in [-0.15, -0.1) is 11.3 Å². The van der Waals surface area contributed by atoms with E-state index in [9.17, 15) is 9.59 Å². The Hall–Kier alpha value is -1.36. The van der Waals surface area contributed by atoms with Crippen LogP contribution in [0.3, 0.4) is 0 Å². The number of hydrogen-bond donors (Lipinski definition) is 0. The molecule has 1 aromatic heterocycles. The van der Waals surface area contributed by atoms with Crippen molar-refractivity contribution >= 4 is 23.3 Å². The smallest absolute Gasteiger partial charge is 0.308 e. The van der Waals surface area contributed by atoms with Gasteiger partial charge in [0.25, 0.3) is 5.91 Å². The van der Waals surface area contributed by atoms with Crippen LogP contribution < -0.4 is 0 Å². The number of thiophene rings is 1. The summed E-state index contributed by atoms with van der Waals surface area (Å²) in [6.45, 7) is 0.686. The van der Waals surface area contributed by atoms with E-state index in [0.29, 0.717) is 6.54 Å². The van der Waals surface area contributed by atoms with Crippen LogP contribution in [0.2, 0.25) is 0 Å². The van der Waals surface area contributed by atoms with Crippen molar-refractivity contribution in [2.24, 2.45) is 0 Å². The Balaban J connectivity index is 1.75. The van der Waals surface area contributed by atoms with E-state index >= 15 is 0 Å². The maximum absolute atomic E-state index is 12.5. The fraction of sp³-hybridized carbons (Fsp3) is 0.538. The minimum Gasteiger partial charge on any atom is -0.308 e. The van der Waals surface area contributed by atoms with Gasteiger partial charge in [-0.3, -0.25) is 9.69 Å². The van der Waals surface area contributed by atoms with Crippen LogP contribution in [-0.2, 0) is 11.2 Å². The first-order valence-corrected chi connectivity index (χ1v) is 7.35. The van der Waals surface area contributed by atoms with Crippen LogP contribution in [0.15, 0.2) is 11.4 Å². The molecule has 4 rings (SSSR count). The molecule has 0 radical (unpaired) electrons. The molecule has 3 heterocycles. The quantitative estimate of drug-likeness (QED) is 0.728. The molecule has 0 bridgehead atoms. The van der Waals surface area contributed by atoms with Gasteiger partial charge in [-0.05, 0) is 42.7 Å². The summed E-state index contributed by atoms with van der Waals surface area (Å²) < 4.78 is 0. The third kappa shape index (κ3) is 1.20. The zero-order valence-corrected chi connectivity index (χ0v) is 10.8. The van der Waals surface area contributed by atoms with Gasteiger partial charge in [0.1, 0.15) is 6.04 Å². The number of urea groups is 1. The van der Waals surface area contributed by atoms with Gasteiger partial charge in [0.05, 0.1) is 0 Å². The molecule has 4 nitrogen and oxygen atoms in total. The van der Waals surface area contributed by atoms with Gasteiger partial charge >= 0.3 is 6.03 Å². The third-order valence-corrected chi connectivity index (χ3v) is 5.33. The molecule has 1 aromatic rings. The van der Waals surface area contributed by atoms with Crippen molar-refractivity contribution in [2.45, 2.75) is 37.8 Å². The fourth-order valence-corrected chi connectivity index (χ4v) is 4.04. The minimum atomic E-state index is -0.326. The number of amides is 3. The molecule has 1 saturated carbocycles. The molecule has 2 fully saturated rings. The van der Waals surface area contributed by atoms with Crippen molar-refractivity contribution in [1.29, 1.82) is 0 Å². The first-order chi connectivity index (χ1) is 8.77. The minimum absolute atomic E-state index is 0.00375. The van der Waals surface area contributed by atoms with Gasteiger partial charge in [0.15, 0.2) is 0 Å². The van der Waals surface area contributed by atoms with Crippen molar-refractivity contribution in [3.63, 3.8) is 0 Å². The van der Waals surface area contributed by atoms with Crippen LogP contribution in [0.1, 0.15) is 35.7 Å². The predicted octanol–water partition coefficient (Wildman–Crippen LogP) is 2.16. The number of fused-ring (bicyclic) bond motifs is 3. The Bertz CT molecular complexity index is 535. The van der Waals surface area contributed by atoms with Gasteiger partial charge in [0, 0.05) is 17.5 Å². The van der Waals surface area contributed by atoms with E-state index in [-0.39, 0.29) is 24.0 Å². The summed E-state index contributed by atoms with van der Waals surface area (Å²) in [6, 6.07) is 1.78. The van der Waals surface area contributed by atoms with Crippen LogP contribution in [0.4, 0.5) is 4.79 Å². The molecule has 2 aliphatic heterocycles. The summed E-state index contributed by atoms with van der Waals surface area (Å²) in [5, 5.41) is 2.03. The number of hydrogen-bond acceptors (Lipinski definition) is 3. The van der Waals surface area contributed by atoms with Crippen molar-refractivity contribution in [2.75, 3.05) is 6.54 Å². The summed E-state index contributed by atoms with van der Waals surface area (Å²) >= 11 is 1.70. The summed E-state index contributed by atoms with van der Waals surface area (Å²) in [7, 11) is 0. The molecule has 1 aliphatic carbocycles. The van der Waals surface area contributed by atoms with E-state index < -0.39 is 0 Å². The molecule has 18 heavy (non-hydrogen) atoms. The van der Waals surface area contributed by atoms with Gasteiger partial charge < -0.3 is 4.90 Å². The molecule has 94 valence electrons. The number of rotatable bonds is 1. The van der Waals surface area contributed by atoms with Gasteiger partial charge in [-0.1, -0.05) is 0 Å². The van der Waals surface area contributed by atoms with Crippen molar-refractivity contribution in [3.8, 4) is 0 Å². The Morgan fingerprint density at radius 2 is 2.11 bits per heavy atom. The average molecular weight is 262 g/mol. The Morgan fingerprint density at radius 1 is 1.28 bits per heavy atom. The highest BCUT2D eigenvalue weighted by Gasteiger charge is 2.51. The molecule has 5 heteroatoms. The van der Waals surface area contributed by atoms with Gasteiger partial charge in [0.2, 0.25) is 0 Å². The standard InChI is InChI=1S/C13H14N2O2S/c16-12-11-9-5-7-18-10(9)4-6-14(11)13(17)15(12)8-2-1-3-8/h5,7-8,11H,1-4,6H2. The number of imide groups is 1. The van der Waals surface area contributed by atoms with Gasteiger partial charge in [-0.25, -0.2) is 4.79 Å². The second kappa shape index (κ2) is 3.57. The number of carbonyl (C=O) groups excluding carboxylic acids is 2. The lowest BCUT2D eigenvalue weighted by Gasteiger charge is -2.32. The Labute approximate surface area is 109 Å². The van der Waals surface area contributed by atoms with E-state index in [1.807, 2.05) is 11.4 Å². The number of nitrogens with zero attached hydrogens (tertiary/aromatic N) is 2.